The van der Waals surface area contributed by atoms with Crippen LogP contribution in [0.3, 0.4) is 0 Å². The monoisotopic (exact) mass is 499 g/mol. The minimum Gasteiger partial charge on any atom is -0.345 e. The highest BCUT2D eigenvalue weighted by molar-refractivity contribution is 8.24. The number of benzene rings is 2. The van der Waals surface area contributed by atoms with Gasteiger partial charge in [0.05, 0.1) is 23.0 Å². The molecular formula is C25H23ClFN3O3S. The Balaban J connectivity index is 1.60. The Labute approximate surface area is 202 Å². The van der Waals surface area contributed by atoms with E-state index in [0.717, 1.165) is 22.7 Å². The first-order chi connectivity index (χ1) is 16.1. The molecule has 0 bridgehead atoms. The zero-order valence-electron chi connectivity index (χ0n) is 18.3. The van der Waals surface area contributed by atoms with Gasteiger partial charge in [-0.3, -0.25) is 13.9 Å². The fraction of sp³-hybridized carbons (Fsp3) is 0.200. The quantitative estimate of drug-likeness (QED) is 0.315. The summed E-state index contributed by atoms with van der Waals surface area (Å²) in [6.07, 6.45) is 3.52. The van der Waals surface area contributed by atoms with Crippen molar-refractivity contribution in [1.82, 2.24) is 14.9 Å². The summed E-state index contributed by atoms with van der Waals surface area (Å²) in [5, 5.41) is 4.42. The van der Waals surface area contributed by atoms with Crippen LogP contribution in [0, 0.1) is 5.82 Å². The lowest BCUT2D eigenvalue weighted by atomic mass is 10.0. The number of carbonyl (C=O) groups is 1. The second-order valence-corrected chi connectivity index (χ2v) is 11.6. The maximum absolute atomic E-state index is 13.5. The predicted molar refractivity (Wildman–Crippen MR) is 135 cm³/mol. The van der Waals surface area contributed by atoms with Crippen molar-refractivity contribution in [2.45, 2.75) is 18.9 Å². The minimum atomic E-state index is -2.66. The van der Waals surface area contributed by atoms with Crippen LogP contribution in [0.5, 0.6) is 0 Å². The zero-order valence-corrected chi connectivity index (χ0v) is 19.9. The number of nitrogens with one attached hydrogen (secondary N) is 1. The van der Waals surface area contributed by atoms with E-state index in [-0.39, 0.29) is 17.4 Å². The Morgan fingerprint density at radius 1 is 1.18 bits per heavy atom. The molecule has 5 rings (SSSR count). The Morgan fingerprint density at radius 3 is 2.65 bits per heavy atom. The number of halogens is 2. The maximum Gasteiger partial charge on any atom is 0.251 e. The van der Waals surface area contributed by atoms with Crippen LogP contribution in [0.1, 0.15) is 23.7 Å². The molecule has 0 spiro atoms. The topological polar surface area (TPSA) is 87.4 Å². The SMILES string of the molecule is CC1(NC(=O)c2ccc3c(-c4ccccc4Cl)cn(-c4ccc(F)cn4)c3c2)CCS(O)(O)C1. The predicted octanol–water partition coefficient (Wildman–Crippen LogP) is 6.13. The molecule has 1 atom stereocenters. The molecule has 3 heterocycles. The van der Waals surface area contributed by atoms with Gasteiger partial charge in [0.1, 0.15) is 11.6 Å². The first kappa shape index (κ1) is 22.9. The lowest BCUT2D eigenvalue weighted by molar-refractivity contribution is 0.0915. The molecule has 1 aliphatic heterocycles. The molecule has 34 heavy (non-hydrogen) atoms. The average Bonchev–Trinajstić information content (AvgIpc) is 3.30. The van der Waals surface area contributed by atoms with Crippen molar-refractivity contribution in [3.05, 3.63) is 83.4 Å². The molecule has 9 heteroatoms. The van der Waals surface area contributed by atoms with Crippen molar-refractivity contribution < 1.29 is 18.3 Å². The van der Waals surface area contributed by atoms with E-state index in [2.05, 4.69) is 10.3 Å². The van der Waals surface area contributed by atoms with Crippen molar-refractivity contribution in [1.29, 1.82) is 0 Å². The number of carbonyl (C=O) groups excluding carboxylic acids is 1. The summed E-state index contributed by atoms with van der Waals surface area (Å²) in [4.78, 5) is 17.3. The van der Waals surface area contributed by atoms with Crippen molar-refractivity contribution >= 4 is 39.0 Å². The molecule has 6 nitrogen and oxygen atoms in total. The summed E-state index contributed by atoms with van der Waals surface area (Å²) < 4.78 is 35.3. The van der Waals surface area contributed by atoms with Crippen LogP contribution >= 0.6 is 22.2 Å². The number of aromatic nitrogens is 2. The Bertz CT molecular complexity index is 1410. The van der Waals surface area contributed by atoms with E-state index in [1.807, 2.05) is 43.5 Å². The smallest absolute Gasteiger partial charge is 0.251 e. The molecule has 3 N–H and O–H groups in total. The molecule has 1 saturated heterocycles. The van der Waals surface area contributed by atoms with E-state index in [9.17, 15) is 18.3 Å². The highest BCUT2D eigenvalue weighted by Crippen LogP contribution is 2.50. The average molecular weight is 500 g/mol. The zero-order chi connectivity index (χ0) is 24.1. The van der Waals surface area contributed by atoms with Crippen LogP contribution in [0.25, 0.3) is 27.8 Å². The first-order valence-electron chi connectivity index (χ1n) is 10.7. The number of hydrogen-bond donors (Lipinski definition) is 3. The van der Waals surface area contributed by atoms with E-state index in [0.29, 0.717) is 28.3 Å². The summed E-state index contributed by atoms with van der Waals surface area (Å²) in [7, 11) is -2.66. The number of pyridine rings is 1. The molecule has 2 aromatic heterocycles. The number of rotatable bonds is 4. The largest absolute Gasteiger partial charge is 0.345 e. The molecule has 1 amide bonds. The van der Waals surface area contributed by atoms with Crippen LogP contribution in [0.15, 0.2) is 67.0 Å². The van der Waals surface area contributed by atoms with Crippen molar-refractivity contribution in [2.24, 2.45) is 0 Å². The summed E-state index contributed by atoms with van der Waals surface area (Å²) in [5.41, 5.74) is 2.13. The molecule has 1 unspecified atom stereocenters. The van der Waals surface area contributed by atoms with Gasteiger partial charge in [-0.25, -0.2) is 9.37 Å². The van der Waals surface area contributed by atoms with Gasteiger partial charge in [0, 0.05) is 39.0 Å². The molecule has 0 saturated carbocycles. The Morgan fingerprint density at radius 2 is 1.97 bits per heavy atom. The number of fused-ring (bicyclic) bond motifs is 1. The van der Waals surface area contributed by atoms with Gasteiger partial charge in [0.25, 0.3) is 5.91 Å². The van der Waals surface area contributed by atoms with Crippen LogP contribution < -0.4 is 5.32 Å². The summed E-state index contributed by atoms with van der Waals surface area (Å²) >= 11 is 6.47. The molecular weight excluding hydrogens is 477 g/mol. The van der Waals surface area contributed by atoms with E-state index >= 15 is 0 Å². The van der Waals surface area contributed by atoms with Crippen LogP contribution in [0.4, 0.5) is 4.39 Å². The van der Waals surface area contributed by atoms with Crippen LogP contribution in [-0.4, -0.2) is 41.6 Å². The van der Waals surface area contributed by atoms with Crippen molar-refractivity contribution in [3.63, 3.8) is 0 Å². The summed E-state index contributed by atoms with van der Waals surface area (Å²) in [6, 6.07) is 15.7. The molecule has 4 aromatic rings. The number of hydrogen-bond acceptors (Lipinski definition) is 4. The molecule has 176 valence electrons. The maximum atomic E-state index is 13.5. The van der Waals surface area contributed by atoms with Gasteiger partial charge < -0.3 is 9.88 Å². The third kappa shape index (κ3) is 4.30. The fourth-order valence-corrected chi connectivity index (χ4v) is 6.85. The number of amides is 1. The molecule has 0 radical (unpaired) electrons. The van der Waals surface area contributed by atoms with Crippen molar-refractivity contribution in [3.8, 4) is 16.9 Å². The number of nitrogens with zero attached hydrogens (tertiary/aromatic N) is 2. The van der Waals surface area contributed by atoms with E-state index < -0.39 is 21.9 Å². The third-order valence-electron chi connectivity index (χ3n) is 6.14. The third-order valence-corrected chi connectivity index (χ3v) is 8.42. The van der Waals surface area contributed by atoms with Gasteiger partial charge in [-0.15, -0.1) is 0 Å². The van der Waals surface area contributed by atoms with E-state index in [4.69, 9.17) is 11.6 Å². The van der Waals surface area contributed by atoms with Gasteiger partial charge in [-0.2, -0.15) is 10.6 Å². The second kappa shape index (κ2) is 8.39. The minimum absolute atomic E-state index is 0.139. The fourth-order valence-electron chi connectivity index (χ4n) is 4.45. The molecule has 2 aromatic carbocycles. The first-order valence-corrected chi connectivity index (χ1v) is 13.0. The van der Waals surface area contributed by atoms with E-state index in [1.54, 1.807) is 22.8 Å². The lowest BCUT2D eigenvalue weighted by Gasteiger charge is -2.30. The van der Waals surface area contributed by atoms with Crippen LogP contribution in [-0.2, 0) is 0 Å². The van der Waals surface area contributed by atoms with E-state index in [1.165, 1.54) is 6.07 Å². The standard InChI is InChI=1S/C25H23ClFN3O3S/c1-25(10-11-34(32,33)15-25)29-24(31)16-6-8-19-20(18-4-2-3-5-21(18)26)14-30(22(19)12-16)23-9-7-17(27)13-28-23/h2-9,12-14,32-33H,10-11,15H2,1H3,(H,29,31). The lowest BCUT2D eigenvalue weighted by Crippen LogP contribution is -2.46. The molecule has 0 aliphatic carbocycles. The van der Waals surface area contributed by atoms with Crippen LogP contribution in [0.2, 0.25) is 5.02 Å². The van der Waals surface area contributed by atoms with Gasteiger partial charge in [0.2, 0.25) is 0 Å². The second-order valence-electron chi connectivity index (χ2n) is 8.87. The van der Waals surface area contributed by atoms with Gasteiger partial charge in [0.15, 0.2) is 0 Å². The molecule has 1 aliphatic rings. The Kier molecular flexibility index (Phi) is 5.64. The Hall–Kier alpha value is -2.91. The summed E-state index contributed by atoms with van der Waals surface area (Å²) in [5.74, 6) is 0.172. The highest BCUT2D eigenvalue weighted by atomic mass is 35.5. The summed E-state index contributed by atoms with van der Waals surface area (Å²) in [6.45, 7) is 1.82. The van der Waals surface area contributed by atoms with Gasteiger partial charge in [-0.05, 0) is 43.7 Å². The van der Waals surface area contributed by atoms with Gasteiger partial charge in [-0.1, -0.05) is 35.9 Å². The highest BCUT2D eigenvalue weighted by Gasteiger charge is 2.39. The van der Waals surface area contributed by atoms with Crippen molar-refractivity contribution in [2.75, 3.05) is 11.5 Å². The normalized spacial score (nSPS) is 20.4. The molecule has 1 fully saturated rings. The van der Waals surface area contributed by atoms with Gasteiger partial charge >= 0.3 is 0 Å².